The maximum absolute atomic E-state index is 12.1. The average Bonchev–Trinajstić information content (AvgIpc) is 3.38. The quantitative estimate of drug-likeness (QED) is 0.618. The number of nitrogens with zero attached hydrogens (tertiary/aromatic N) is 1. The first-order valence-electron chi connectivity index (χ1n) is 9.56. The third-order valence-corrected chi connectivity index (χ3v) is 5.48. The molecule has 2 heterocycles. The number of amides is 3. The second-order valence-electron chi connectivity index (χ2n) is 6.75. The maximum atomic E-state index is 12.1. The predicted molar refractivity (Wildman–Crippen MR) is 112 cm³/mol. The van der Waals surface area contributed by atoms with E-state index in [4.69, 9.17) is 0 Å². The van der Waals surface area contributed by atoms with Crippen molar-refractivity contribution in [2.75, 3.05) is 23.3 Å². The Kier molecular flexibility index (Phi) is 7.13. The summed E-state index contributed by atoms with van der Waals surface area (Å²) in [5.41, 5.74) is 1.38. The van der Waals surface area contributed by atoms with E-state index in [-0.39, 0.29) is 49.3 Å². The lowest BCUT2D eigenvalue weighted by Gasteiger charge is -2.16. The summed E-state index contributed by atoms with van der Waals surface area (Å²) in [7, 11) is 0. The van der Waals surface area contributed by atoms with E-state index < -0.39 is 0 Å². The summed E-state index contributed by atoms with van der Waals surface area (Å²) in [4.78, 5) is 50.1. The molecule has 2 aromatic rings. The molecule has 7 nitrogen and oxygen atoms in total. The van der Waals surface area contributed by atoms with E-state index in [2.05, 4.69) is 10.6 Å². The van der Waals surface area contributed by atoms with Crippen LogP contribution < -0.4 is 15.5 Å². The van der Waals surface area contributed by atoms with Crippen molar-refractivity contribution in [3.8, 4) is 0 Å². The van der Waals surface area contributed by atoms with Crippen molar-refractivity contribution in [2.24, 2.45) is 0 Å². The van der Waals surface area contributed by atoms with Gasteiger partial charge in [-0.2, -0.15) is 0 Å². The zero-order valence-electron chi connectivity index (χ0n) is 16.0. The lowest BCUT2D eigenvalue weighted by atomic mass is 10.2. The highest BCUT2D eigenvalue weighted by molar-refractivity contribution is 7.12. The Balaban J connectivity index is 1.38. The van der Waals surface area contributed by atoms with E-state index >= 15 is 0 Å². The monoisotopic (exact) mass is 413 g/mol. The number of hydrogen-bond donors (Lipinski definition) is 2. The molecule has 1 saturated heterocycles. The van der Waals surface area contributed by atoms with Gasteiger partial charge in [-0.1, -0.05) is 12.1 Å². The number of nitrogens with one attached hydrogen (secondary N) is 2. The minimum Gasteiger partial charge on any atom is -0.356 e. The van der Waals surface area contributed by atoms with E-state index in [1.54, 1.807) is 35.2 Å². The molecule has 0 bridgehead atoms. The summed E-state index contributed by atoms with van der Waals surface area (Å²) in [6, 6.07) is 10.7. The Morgan fingerprint density at radius 1 is 1.03 bits per heavy atom. The maximum Gasteiger partial charge on any atom is 0.227 e. The topological polar surface area (TPSA) is 95.6 Å². The number of ketones is 1. The van der Waals surface area contributed by atoms with Crippen LogP contribution in [0.2, 0.25) is 0 Å². The molecule has 0 saturated carbocycles. The predicted octanol–water partition coefficient (Wildman–Crippen LogP) is 2.98. The highest BCUT2D eigenvalue weighted by Gasteiger charge is 2.21. The van der Waals surface area contributed by atoms with E-state index in [0.29, 0.717) is 23.5 Å². The van der Waals surface area contributed by atoms with Crippen molar-refractivity contribution in [2.45, 2.75) is 32.1 Å². The molecule has 0 atom stereocenters. The van der Waals surface area contributed by atoms with Crippen molar-refractivity contribution in [1.82, 2.24) is 5.32 Å². The Bertz CT molecular complexity index is 895. The van der Waals surface area contributed by atoms with E-state index in [0.717, 1.165) is 12.1 Å². The van der Waals surface area contributed by atoms with Crippen molar-refractivity contribution < 1.29 is 19.2 Å². The minimum absolute atomic E-state index is 0.0516. The SMILES string of the molecule is O=C(CCC(=O)c1cccs1)NCCC(=O)Nc1cccc(N2CCCC2=O)c1. The Labute approximate surface area is 173 Å². The molecule has 0 radical (unpaired) electrons. The van der Waals surface area contributed by atoms with Gasteiger partial charge in [0, 0.05) is 50.1 Å². The molecule has 3 rings (SSSR count). The fourth-order valence-corrected chi connectivity index (χ4v) is 3.78. The molecule has 0 spiro atoms. The lowest BCUT2D eigenvalue weighted by Crippen LogP contribution is -2.28. The molecule has 1 aliphatic rings. The molecule has 1 aromatic heterocycles. The van der Waals surface area contributed by atoms with Crippen LogP contribution in [0.1, 0.15) is 41.8 Å². The van der Waals surface area contributed by atoms with Crippen molar-refractivity contribution in [1.29, 1.82) is 0 Å². The van der Waals surface area contributed by atoms with E-state index in [1.807, 2.05) is 11.4 Å². The lowest BCUT2D eigenvalue weighted by molar-refractivity contribution is -0.121. The molecule has 29 heavy (non-hydrogen) atoms. The summed E-state index contributed by atoms with van der Waals surface area (Å²) < 4.78 is 0. The van der Waals surface area contributed by atoms with Gasteiger partial charge in [-0.05, 0) is 36.1 Å². The normalized spacial score (nSPS) is 13.4. The van der Waals surface area contributed by atoms with E-state index in [9.17, 15) is 19.2 Å². The molecule has 2 N–H and O–H groups in total. The first kappa shape index (κ1) is 20.7. The average molecular weight is 413 g/mol. The number of hydrogen-bond acceptors (Lipinski definition) is 5. The number of benzene rings is 1. The van der Waals surface area contributed by atoms with E-state index in [1.165, 1.54) is 11.3 Å². The first-order valence-corrected chi connectivity index (χ1v) is 10.4. The Hall–Kier alpha value is -3.00. The number of Topliss-reactive ketones (excluding diaryl/α,β-unsaturated/α-hetero) is 1. The number of carbonyl (C=O) groups excluding carboxylic acids is 4. The van der Waals surface area contributed by atoms with Gasteiger partial charge in [0.25, 0.3) is 0 Å². The van der Waals surface area contributed by atoms with Crippen LogP contribution in [0.25, 0.3) is 0 Å². The number of anilines is 2. The van der Waals surface area contributed by atoms with Gasteiger partial charge in [0.15, 0.2) is 5.78 Å². The van der Waals surface area contributed by atoms with Gasteiger partial charge < -0.3 is 15.5 Å². The smallest absolute Gasteiger partial charge is 0.227 e. The van der Waals surface area contributed by atoms with Crippen LogP contribution in [-0.2, 0) is 14.4 Å². The Morgan fingerprint density at radius 2 is 1.90 bits per heavy atom. The summed E-state index contributed by atoms with van der Waals surface area (Å²) >= 11 is 1.36. The van der Waals surface area contributed by atoms with Crippen LogP contribution in [-0.4, -0.2) is 36.6 Å². The van der Waals surface area contributed by atoms with Gasteiger partial charge >= 0.3 is 0 Å². The third kappa shape index (κ3) is 5.99. The molecular weight excluding hydrogens is 390 g/mol. The van der Waals surface area contributed by atoms with Crippen LogP contribution in [0, 0.1) is 0 Å². The Morgan fingerprint density at radius 3 is 2.62 bits per heavy atom. The summed E-state index contributed by atoms with van der Waals surface area (Å²) in [6.07, 6.45) is 1.77. The third-order valence-electron chi connectivity index (χ3n) is 4.56. The zero-order chi connectivity index (χ0) is 20.6. The summed E-state index contributed by atoms with van der Waals surface area (Å²) in [5.74, 6) is -0.444. The first-order chi connectivity index (χ1) is 14.0. The highest BCUT2D eigenvalue weighted by atomic mass is 32.1. The van der Waals surface area contributed by atoms with Crippen LogP contribution in [0.4, 0.5) is 11.4 Å². The van der Waals surface area contributed by atoms with Gasteiger partial charge in [0.1, 0.15) is 0 Å². The molecule has 152 valence electrons. The highest BCUT2D eigenvalue weighted by Crippen LogP contribution is 2.24. The van der Waals surface area contributed by atoms with Gasteiger partial charge in [-0.3, -0.25) is 19.2 Å². The number of carbonyl (C=O) groups is 4. The molecule has 3 amide bonds. The van der Waals surface area contributed by atoms with Crippen LogP contribution >= 0.6 is 11.3 Å². The summed E-state index contributed by atoms with van der Waals surface area (Å²) in [5, 5.41) is 7.27. The van der Waals surface area contributed by atoms with Gasteiger partial charge in [-0.25, -0.2) is 0 Å². The fraction of sp³-hybridized carbons (Fsp3) is 0.333. The second kappa shape index (κ2) is 9.97. The van der Waals surface area contributed by atoms with Crippen LogP contribution in [0.15, 0.2) is 41.8 Å². The summed E-state index contributed by atoms with van der Waals surface area (Å²) in [6.45, 7) is 0.888. The van der Waals surface area contributed by atoms with Gasteiger partial charge in [0.2, 0.25) is 17.7 Å². The van der Waals surface area contributed by atoms with Crippen molar-refractivity contribution >= 4 is 46.2 Å². The molecule has 0 aliphatic carbocycles. The zero-order valence-corrected chi connectivity index (χ0v) is 16.8. The molecule has 1 aliphatic heterocycles. The molecule has 1 aromatic carbocycles. The van der Waals surface area contributed by atoms with Crippen LogP contribution in [0.3, 0.4) is 0 Å². The number of thiophene rings is 1. The molecule has 8 heteroatoms. The van der Waals surface area contributed by atoms with Crippen LogP contribution in [0.5, 0.6) is 0 Å². The number of rotatable bonds is 9. The second-order valence-corrected chi connectivity index (χ2v) is 7.70. The standard InChI is InChI=1S/C21H23N3O4S/c25-17(18-6-3-13-29-18)8-9-19(26)22-11-10-20(27)23-15-4-1-5-16(14-15)24-12-2-7-21(24)28/h1,3-6,13-14H,2,7-12H2,(H,22,26)(H,23,27). The van der Waals surface area contributed by atoms with Gasteiger partial charge in [0.05, 0.1) is 4.88 Å². The van der Waals surface area contributed by atoms with Crippen molar-refractivity contribution in [3.05, 3.63) is 46.7 Å². The largest absolute Gasteiger partial charge is 0.356 e. The fourth-order valence-electron chi connectivity index (χ4n) is 3.09. The minimum atomic E-state index is -0.253. The van der Waals surface area contributed by atoms with Gasteiger partial charge in [-0.15, -0.1) is 11.3 Å². The molecule has 0 unspecified atom stereocenters. The van der Waals surface area contributed by atoms with Crippen molar-refractivity contribution in [3.63, 3.8) is 0 Å². The molecule has 1 fully saturated rings. The molecular formula is C21H23N3O4S.